The fourth-order valence-electron chi connectivity index (χ4n) is 3.14. The lowest BCUT2D eigenvalue weighted by atomic mass is 10.0. The van der Waals surface area contributed by atoms with Crippen molar-refractivity contribution in [2.45, 2.75) is 0 Å². The number of nitro benzene ring substituents is 1. The molecule has 30 heavy (non-hydrogen) atoms. The second kappa shape index (κ2) is 8.18. The molecule has 3 aromatic carbocycles. The van der Waals surface area contributed by atoms with Gasteiger partial charge < -0.3 is 4.98 Å². The molecule has 4 aromatic rings. The van der Waals surface area contributed by atoms with Crippen molar-refractivity contribution < 1.29 is 9.72 Å². The average Bonchev–Trinajstić information content (AvgIpc) is 3.14. The second-order valence-corrected chi connectivity index (χ2v) is 6.92. The standard InChI is InChI=1S/C22H15ClN4O3/c23-16-8-6-14(7-9-16)13-24-26-22(28)21-20(15-4-2-1-3-5-15)18-12-17(27(29)30)10-11-19(18)25-21/h1-13,25H,(H,26,28)/b24-13+. The summed E-state index contributed by atoms with van der Waals surface area (Å²) < 4.78 is 0. The third-order valence-corrected chi connectivity index (χ3v) is 4.78. The van der Waals surface area contributed by atoms with E-state index in [1.54, 1.807) is 30.3 Å². The van der Waals surface area contributed by atoms with Crippen LogP contribution in [0.3, 0.4) is 0 Å². The van der Waals surface area contributed by atoms with Crippen LogP contribution in [0.25, 0.3) is 22.0 Å². The average molecular weight is 419 g/mol. The molecule has 8 heteroatoms. The van der Waals surface area contributed by atoms with E-state index < -0.39 is 10.8 Å². The Morgan fingerprint density at radius 2 is 1.80 bits per heavy atom. The van der Waals surface area contributed by atoms with Crippen LogP contribution in [0.2, 0.25) is 5.02 Å². The quantitative estimate of drug-likeness (QED) is 0.266. The summed E-state index contributed by atoms with van der Waals surface area (Å²) in [6, 6.07) is 20.7. The van der Waals surface area contributed by atoms with Crippen LogP contribution in [0.15, 0.2) is 77.9 Å². The van der Waals surface area contributed by atoms with E-state index in [0.717, 1.165) is 11.1 Å². The van der Waals surface area contributed by atoms with Crippen molar-refractivity contribution in [2.75, 3.05) is 0 Å². The lowest BCUT2D eigenvalue weighted by molar-refractivity contribution is -0.384. The van der Waals surface area contributed by atoms with E-state index in [1.165, 1.54) is 18.3 Å². The Hall–Kier alpha value is -3.97. The van der Waals surface area contributed by atoms with E-state index in [9.17, 15) is 14.9 Å². The van der Waals surface area contributed by atoms with Gasteiger partial charge in [0.15, 0.2) is 0 Å². The van der Waals surface area contributed by atoms with Gasteiger partial charge in [-0.15, -0.1) is 0 Å². The van der Waals surface area contributed by atoms with Crippen molar-refractivity contribution in [3.8, 4) is 11.1 Å². The maximum atomic E-state index is 12.9. The number of carbonyl (C=O) groups is 1. The Morgan fingerprint density at radius 1 is 1.07 bits per heavy atom. The van der Waals surface area contributed by atoms with E-state index in [4.69, 9.17) is 11.6 Å². The van der Waals surface area contributed by atoms with Gasteiger partial charge in [0.05, 0.1) is 11.1 Å². The van der Waals surface area contributed by atoms with Crippen LogP contribution in [-0.4, -0.2) is 22.0 Å². The number of halogens is 1. The first kappa shape index (κ1) is 19.4. The highest BCUT2D eigenvalue weighted by Gasteiger charge is 2.21. The van der Waals surface area contributed by atoms with Crippen LogP contribution in [0.5, 0.6) is 0 Å². The summed E-state index contributed by atoms with van der Waals surface area (Å²) in [4.78, 5) is 26.7. The first-order valence-electron chi connectivity index (χ1n) is 8.97. The normalized spacial score (nSPS) is 11.1. The molecule has 4 rings (SSSR count). The molecular weight excluding hydrogens is 404 g/mol. The number of aromatic nitrogens is 1. The van der Waals surface area contributed by atoms with Gasteiger partial charge in [0.25, 0.3) is 11.6 Å². The minimum Gasteiger partial charge on any atom is -0.350 e. The Kier molecular flexibility index (Phi) is 5.28. The van der Waals surface area contributed by atoms with Gasteiger partial charge in [-0.25, -0.2) is 5.43 Å². The molecule has 2 N–H and O–H groups in total. The summed E-state index contributed by atoms with van der Waals surface area (Å²) >= 11 is 5.86. The van der Waals surface area contributed by atoms with E-state index in [0.29, 0.717) is 21.5 Å². The Bertz CT molecular complexity index is 1270. The molecular formula is C22H15ClN4O3. The van der Waals surface area contributed by atoms with Gasteiger partial charge in [-0.05, 0) is 29.3 Å². The molecule has 0 aliphatic rings. The number of benzene rings is 3. The van der Waals surface area contributed by atoms with Gasteiger partial charge in [-0.3, -0.25) is 14.9 Å². The SMILES string of the molecule is O=C(N/N=C/c1ccc(Cl)cc1)c1[nH]c2ccc([N+](=O)[O-])cc2c1-c1ccccc1. The molecule has 0 saturated carbocycles. The number of H-pyrrole nitrogens is 1. The molecule has 0 atom stereocenters. The number of nitrogens with zero attached hydrogens (tertiary/aromatic N) is 2. The number of hydrogen-bond donors (Lipinski definition) is 2. The van der Waals surface area contributed by atoms with Crippen LogP contribution in [0.1, 0.15) is 16.1 Å². The van der Waals surface area contributed by atoms with Gasteiger partial charge in [-0.2, -0.15) is 5.10 Å². The molecule has 0 fully saturated rings. The number of nitro groups is 1. The molecule has 0 saturated heterocycles. The van der Waals surface area contributed by atoms with Crippen molar-refractivity contribution in [3.63, 3.8) is 0 Å². The number of aromatic amines is 1. The predicted octanol–water partition coefficient (Wildman–Crippen LogP) is 5.16. The molecule has 148 valence electrons. The Labute approximate surface area is 176 Å². The minimum absolute atomic E-state index is 0.0496. The topological polar surface area (TPSA) is 100 Å². The lowest BCUT2D eigenvalue weighted by Crippen LogP contribution is -2.18. The van der Waals surface area contributed by atoms with Crippen LogP contribution >= 0.6 is 11.6 Å². The van der Waals surface area contributed by atoms with Gasteiger partial charge in [0, 0.05) is 33.6 Å². The number of fused-ring (bicyclic) bond motifs is 1. The Balaban J connectivity index is 1.73. The number of non-ortho nitro benzene ring substituents is 1. The molecule has 0 aliphatic heterocycles. The zero-order valence-corrected chi connectivity index (χ0v) is 16.3. The minimum atomic E-state index is -0.461. The number of nitrogens with one attached hydrogen (secondary N) is 2. The van der Waals surface area contributed by atoms with Gasteiger partial charge >= 0.3 is 0 Å². The van der Waals surface area contributed by atoms with E-state index in [-0.39, 0.29) is 11.4 Å². The third-order valence-electron chi connectivity index (χ3n) is 4.53. The predicted molar refractivity (Wildman–Crippen MR) is 117 cm³/mol. The summed E-state index contributed by atoms with van der Waals surface area (Å²) in [5.41, 5.74) is 5.45. The molecule has 0 bridgehead atoms. The summed E-state index contributed by atoms with van der Waals surface area (Å²) in [6.07, 6.45) is 1.50. The molecule has 0 aliphatic carbocycles. The molecule has 1 amide bonds. The largest absolute Gasteiger partial charge is 0.350 e. The fraction of sp³-hybridized carbons (Fsp3) is 0. The highest BCUT2D eigenvalue weighted by molar-refractivity contribution is 6.30. The first-order chi connectivity index (χ1) is 14.5. The van der Waals surface area contributed by atoms with Crippen LogP contribution < -0.4 is 5.43 Å². The zero-order valence-electron chi connectivity index (χ0n) is 15.5. The monoisotopic (exact) mass is 418 g/mol. The molecule has 1 aromatic heterocycles. The summed E-state index contributed by atoms with van der Waals surface area (Å²) in [5.74, 6) is -0.460. The van der Waals surface area contributed by atoms with Gasteiger partial charge in [0.1, 0.15) is 5.69 Å². The van der Waals surface area contributed by atoms with E-state index >= 15 is 0 Å². The van der Waals surface area contributed by atoms with Crippen molar-refractivity contribution in [2.24, 2.45) is 5.10 Å². The van der Waals surface area contributed by atoms with Crippen molar-refractivity contribution in [1.29, 1.82) is 0 Å². The summed E-state index contributed by atoms with van der Waals surface area (Å²) in [7, 11) is 0. The fourth-order valence-corrected chi connectivity index (χ4v) is 3.26. The van der Waals surface area contributed by atoms with Gasteiger partial charge in [-0.1, -0.05) is 54.1 Å². The molecule has 0 radical (unpaired) electrons. The van der Waals surface area contributed by atoms with Crippen molar-refractivity contribution in [1.82, 2.24) is 10.4 Å². The lowest BCUT2D eigenvalue weighted by Gasteiger charge is -2.04. The van der Waals surface area contributed by atoms with E-state index in [1.807, 2.05) is 30.3 Å². The molecule has 1 heterocycles. The van der Waals surface area contributed by atoms with E-state index in [2.05, 4.69) is 15.5 Å². The molecule has 7 nitrogen and oxygen atoms in total. The third kappa shape index (κ3) is 3.92. The second-order valence-electron chi connectivity index (χ2n) is 6.48. The maximum absolute atomic E-state index is 12.9. The highest BCUT2D eigenvalue weighted by Crippen LogP contribution is 2.34. The highest BCUT2D eigenvalue weighted by atomic mass is 35.5. The molecule has 0 unspecified atom stereocenters. The van der Waals surface area contributed by atoms with Crippen LogP contribution in [0, 0.1) is 10.1 Å². The number of hydrogen-bond acceptors (Lipinski definition) is 4. The molecule has 0 spiro atoms. The smallest absolute Gasteiger partial charge is 0.288 e. The summed E-state index contributed by atoms with van der Waals surface area (Å²) in [6.45, 7) is 0. The number of carbonyl (C=O) groups excluding carboxylic acids is 1. The summed E-state index contributed by atoms with van der Waals surface area (Å²) in [5, 5.41) is 16.4. The van der Waals surface area contributed by atoms with Crippen LogP contribution in [-0.2, 0) is 0 Å². The Morgan fingerprint density at radius 3 is 2.50 bits per heavy atom. The first-order valence-corrected chi connectivity index (χ1v) is 9.35. The number of amides is 1. The van der Waals surface area contributed by atoms with Gasteiger partial charge in [0.2, 0.25) is 0 Å². The van der Waals surface area contributed by atoms with Crippen molar-refractivity contribution in [3.05, 3.63) is 99.2 Å². The zero-order chi connectivity index (χ0) is 21.1. The maximum Gasteiger partial charge on any atom is 0.288 e. The number of rotatable bonds is 5. The number of hydrazone groups is 1. The van der Waals surface area contributed by atoms with Crippen LogP contribution in [0.4, 0.5) is 5.69 Å². The van der Waals surface area contributed by atoms with Crippen molar-refractivity contribution >= 4 is 40.3 Å².